The van der Waals surface area contributed by atoms with Crippen LogP contribution in [0.5, 0.6) is 11.5 Å². The summed E-state index contributed by atoms with van der Waals surface area (Å²) in [5.74, 6) is 1.23. The van der Waals surface area contributed by atoms with Gasteiger partial charge in [-0.25, -0.2) is 19.2 Å². The van der Waals surface area contributed by atoms with Crippen LogP contribution in [0.1, 0.15) is 17.0 Å². The molecule has 2 aromatic carbocycles. The zero-order valence-electron chi connectivity index (χ0n) is 20.5. The predicted molar refractivity (Wildman–Crippen MR) is 140 cm³/mol. The molecule has 0 bridgehead atoms. The molecule has 0 aliphatic heterocycles. The number of aryl methyl sites for hydroxylation is 1. The zero-order chi connectivity index (χ0) is 27.2. The fraction of sp³-hybridized carbons (Fsp3) is 0.185. The highest BCUT2D eigenvalue weighted by atomic mass is 32.2. The number of nitrogens with two attached hydrogens (primary N) is 1. The molecule has 2 heterocycles. The largest absolute Gasteiger partial charge is 0.497 e. The van der Waals surface area contributed by atoms with Crippen molar-refractivity contribution in [2.75, 3.05) is 26.1 Å². The molecule has 0 atom stereocenters. The number of halogens is 1. The third-order valence-corrected chi connectivity index (χ3v) is 6.52. The van der Waals surface area contributed by atoms with Crippen LogP contribution in [0, 0.1) is 30.6 Å². The number of hydrogen-bond donors (Lipinski definition) is 2. The number of thioether (sulfide) groups is 1. The van der Waals surface area contributed by atoms with E-state index in [1.165, 1.54) is 23.9 Å². The SMILES string of the molecule is [C-]#[N+]c1c(N)nc(SCc2nc(-c3ccc(OC)cc3)oc2C)c(C#N)c1-c1ccc(OCCO)c(F)c1. The second-order valence-corrected chi connectivity index (χ2v) is 8.84. The molecule has 0 unspecified atom stereocenters. The Kier molecular flexibility index (Phi) is 8.12. The molecule has 4 aromatic rings. The molecule has 0 fully saturated rings. The van der Waals surface area contributed by atoms with Gasteiger partial charge in [-0.05, 0) is 48.9 Å². The van der Waals surface area contributed by atoms with Gasteiger partial charge in [0.25, 0.3) is 0 Å². The third kappa shape index (κ3) is 5.39. The summed E-state index contributed by atoms with van der Waals surface area (Å²) in [6.45, 7) is 9.04. The van der Waals surface area contributed by atoms with Gasteiger partial charge in [0.15, 0.2) is 11.6 Å². The summed E-state index contributed by atoms with van der Waals surface area (Å²) < 4.78 is 30.9. The van der Waals surface area contributed by atoms with Crippen LogP contribution in [-0.2, 0) is 5.75 Å². The van der Waals surface area contributed by atoms with Crippen LogP contribution in [0.15, 0.2) is 51.9 Å². The number of aromatic nitrogens is 2. The number of ether oxygens (including phenoxy) is 2. The Morgan fingerprint density at radius 3 is 2.58 bits per heavy atom. The lowest BCUT2D eigenvalue weighted by atomic mass is 9.99. The lowest BCUT2D eigenvalue weighted by Crippen LogP contribution is -2.03. The number of nitrogen functional groups attached to an aromatic ring is 1. The molecule has 0 aliphatic carbocycles. The summed E-state index contributed by atoms with van der Waals surface area (Å²) in [4.78, 5) is 12.3. The molecule has 11 heteroatoms. The van der Waals surface area contributed by atoms with Crippen LogP contribution in [0.3, 0.4) is 0 Å². The molecule has 0 radical (unpaired) electrons. The molecule has 3 N–H and O–H groups in total. The van der Waals surface area contributed by atoms with Crippen LogP contribution in [0.2, 0.25) is 0 Å². The maximum Gasteiger partial charge on any atom is 0.236 e. The lowest BCUT2D eigenvalue weighted by molar-refractivity contribution is 0.196. The average molecular weight is 532 g/mol. The number of benzene rings is 2. The Bertz CT molecular complexity index is 1560. The Balaban J connectivity index is 1.67. The van der Waals surface area contributed by atoms with E-state index in [0.29, 0.717) is 28.8 Å². The first kappa shape index (κ1) is 26.5. The fourth-order valence-corrected chi connectivity index (χ4v) is 4.65. The van der Waals surface area contributed by atoms with E-state index in [4.69, 9.17) is 31.3 Å². The molecule has 2 aromatic heterocycles. The summed E-state index contributed by atoms with van der Waals surface area (Å²) in [6.07, 6.45) is 0. The molecule has 0 spiro atoms. The minimum absolute atomic E-state index is 0.0475. The summed E-state index contributed by atoms with van der Waals surface area (Å²) in [5, 5.41) is 19.2. The Morgan fingerprint density at radius 2 is 1.95 bits per heavy atom. The number of nitriles is 1. The minimum atomic E-state index is -0.704. The highest BCUT2D eigenvalue weighted by molar-refractivity contribution is 7.98. The summed E-state index contributed by atoms with van der Waals surface area (Å²) in [5.41, 5.74) is 8.02. The summed E-state index contributed by atoms with van der Waals surface area (Å²) >= 11 is 1.21. The van der Waals surface area contributed by atoms with Crippen molar-refractivity contribution < 1.29 is 23.4 Å². The van der Waals surface area contributed by atoms with Crippen LogP contribution >= 0.6 is 11.8 Å². The minimum Gasteiger partial charge on any atom is -0.497 e. The highest BCUT2D eigenvalue weighted by Gasteiger charge is 2.22. The number of nitrogens with zero attached hydrogens (tertiary/aromatic N) is 4. The van der Waals surface area contributed by atoms with Gasteiger partial charge >= 0.3 is 0 Å². The van der Waals surface area contributed by atoms with Gasteiger partial charge in [0.1, 0.15) is 35.0 Å². The molecule has 0 saturated carbocycles. The van der Waals surface area contributed by atoms with Gasteiger partial charge < -0.3 is 24.7 Å². The van der Waals surface area contributed by atoms with E-state index < -0.39 is 5.82 Å². The van der Waals surface area contributed by atoms with E-state index in [1.807, 2.05) is 24.3 Å². The van der Waals surface area contributed by atoms with E-state index in [9.17, 15) is 9.65 Å². The van der Waals surface area contributed by atoms with E-state index in [-0.39, 0.29) is 52.2 Å². The predicted octanol–water partition coefficient (Wildman–Crippen LogP) is 5.53. The molecular formula is C27H22FN5O4S. The maximum absolute atomic E-state index is 14.7. The second-order valence-electron chi connectivity index (χ2n) is 7.88. The number of methoxy groups -OCH3 is 1. The van der Waals surface area contributed by atoms with Gasteiger partial charge in [-0.1, -0.05) is 17.8 Å². The van der Waals surface area contributed by atoms with Crippen molar-refractivity contribution in [3.05, 3.63) is 76.7 Å². The van der Waals surface area contributed by atoms with Crippen LogP contribution in [0.25, 0.3) is 27.4 Å². The van der Waals surface area contributed by atoms with E-state index in [2.05, 4.69) is 20.9 Å². The van der Waals surface area contributed by atoms with Gasteiger partial charge in [0.05, 0.1) is 31.5 Å². The second kappa shape index (κ2) is 11.6. The quantitative estimate of drug-likeness (QED) is 0.211. The van der Waals surface area contributed by atoms with Gasteiger partial charge in [0, 0.05) is 16.9 Å². The van der Waals surface area contributed by atoms with Crippen molar-refractivity contribution in [2.45, 2.75) is 17.7 Å². The van der Waals surface area contributed by atoms with Crippen LogP contribution < -0.4 is 15.2 Å². The fourth-order valence-electron chi connectivity index (χ4n) is 3.66. The maximum atomic E-state index is 14.7. The molecule has 9 nitrogen and oxygen atoms in total. The van der Waals surface area contributed by atoms with Crippen LogP contribution in [0.4, 0.5) is 15.9 Å². The molecule has 4 rings (SSSR count). The summed E-state index contributed by atoms with van der Waals surface area (Å²) in [6, 6.07) is 13.5. The number of rotatable bonds is 9. The number of anilines is 1. The zero-order valence-corrected chi connectivity index (χ0v) is 21.3. The van der Waals surface area contributed by atoms with Gasteiger partial charge in [-0.2, -0.15) is 5.26 Å². The van der Waals surface area contributed by atoms with Crippen LogP contribution in [-0.4, -0.2) is 35.4 Å². The van der Waals surface area contributed by atoms with Crippen molar-refractivity contribution in [3.8, 4) is 40.1 Å². The molecule has 0 saturated heterocycles. The van der Waals surface area contributed by atoms with E-state index >= 15 is 0 Å². The first-order valence-corrected chi connectivity index (χ1v) is 12.3. The normalized spacial score (nSPS) is 10.6. The van der Waals surface area contributed by atoms with Gasteiger partial charge in [-0.3, -0.25) is 0 Å². The Labute approximate surface area is 222 Å². The monoisotopic (exact) mass is 531 g/mol. The van der Waals surface area contributed by atoms with Crippen molar-refractivity contribution in [2.24, 2.45) is 0 Å². The molecule has 0 aliphatic rings. The van der Waals surface area contributed by atoms with E-state index in [1.54, 1.807) is 14.0 Å². The number of hydrogen-bond acceptors (Lipinski definition) is 9. The number of aliphatic hydroxyl groups excluding tert-OH is 1. The topological polar surface area (TPSA) is 132 Å². The molecule has 0 amide bonds. The number of aliphatic hydroxyl groups is 1. The smallest absolute Gasteiger partial charge is 0.236 e. The van der Waals surface area contributed by atoms with Gasteiger partial charge in [0.2, 0.25) is 11.6 Å². The first-order valence-electron chi connectivity index (χ1n) is 11.3. The number of oxazole rings is 1. The first-order chi connectivity index (χ1) is 18.4. The highest BCUT2D eigenvalue weighted by Crippen LogP contribution is 2.42. The third-order valence-electron chi connectivity index (χ3n) is 5.53. The van der Waals surface area contributed by atoms with Crippen molar-refractivity contribution in [1.29, 1.82) is 5.26 Å². The van der Waals surface area contributed by atoms with E-state index in [0.717, 1.165) is 11.6 Å². The average Bonchev–Trinajstić information content (AvgIpc) is 3.30. The number of pyridine rings is 1. The van der Waals surface area contributed by atoms with Crippen molar-refractivity contribution in [1.82, 2.24) is 9.97 Å². The Morgan fingerprint density at radius 1 is 1.21 bits per heavy atom. The summed E-state index contributed by atoms with van der Waals surface area (Å²) in [7, 11) is 1.59. The van der Waals surface area contributed by atoms with Crippen molar-refractivity contribution in [3.63, 3.8) is 0 Å². The van der Waals surface area contributed by atoms with Gasteiger partial charge in [-0.15, -0.1) is 0 Å². The Hall–Kier alpha value is -4.58. The standard InChI is InChI=1S/C27H22FN5O4S/c1-15-21(32-26(37-15)16-4-7-18(35-3)8-5-16)14-38-27-19(13-29)23(24(31-2)25(30)33-27)17-6-9-22(20(28)12-17)36-11-10-34/h4-9,12,34H,10-11,14H2,1,3H3,(H2,30,33). The van der Waals surface area contributed by atoms with Crippen molar-refractivity contribution >= 4 is 23.3 Å². The lowest BCUT2D eigenvalue weighted by Gasteiger charge is -2.14. The molecule has 192 valence electrons. The molecular weight excluding hydrogens is 509 g/mol. The molecule has 38 heavy (non-hydrogen) atoms.